The lowest BCUT2D eigenvalue weighted by Gasteiger charge is -2.29. The van der Waals surface area contributed by atoms with Crippen molar-refractivity contribution in [3.05, 3.63) is 12.2 Å². The second kappa shape index (κ2) is 5.17. The summed E-state index contributed by atoms with van der Waals surface area (Å²) in [4.78, 5) is 4.03. The van der Waals surface area contributed by atoms with Crippen LogP contribution in [0.5, 0.6) is 0 Å². The maximum Gasteiger partial charge on any atom is 0.227 e. The third-order valence-electron chi connectivity index (χ3n) is 4.18. The van der Waals surface area contributed by atoms with Crippen LogP contribution in [0.25, 0.3) is 0 Å². The molecule has 1 aromatic rings. The monoisotopic (exact) mass is 235 g/mol. The van der Waals surface area contributed by atoms with Crippen molar-refractivity contribution in [2.45, 2.75) is 51.0 Å². The van der Waals surface area contributed by atoms with E-state index in [4.69, 9.17) is 4.52 Å². The van der Waals surface area contributed by atoms with E-state index in [0.717, 1.165) is 36.7 Å². The van der Waals surface area contributed by atoms with E-state index in [1.807, 2.05) is 0 Å². The van der Waals surface area contributed by atoms with Gasteiger partial charge >= 0.3 is 0 Å². The van der Waals surface area contributed by atoms with Crippen molar-refractivity contribution in [2.75, 3.05) is 6.54 Å². The summed E-state index contributed by atoms with van der Waals surface area (Å²) in [5, 5.41) is 7.26. The third kappa shape index (κ3) is 3.06. The van der Waals surface area contributed by atoms with E-state index < -0.39 is 0 Å². The van der Waals surface area contributed by atoms with Crippen LogP contribution >= 0.6 is 0 Å². The molecule has 4 nitrogen and oxygen atoms in total. The summed E-state index contributed by atoms with van der Waals surface area (Å²) in [6.45, 7) is 0.963. The molecule has 17 heavy (non-hydrogen) atoms. The molecule has 2 aliphatic rings. The van der Waals surface area contributed by atoms with Gasteiger partial charge in [0.1, 0.15) is 0 Å². The highest BCUT2D eigenvalue weighted by molar-refractivity contribution is 4.88. The van der Waals surface area contributed by atoms with E-state index in [1.54, 1.807) is 0 Å². The lowest BCUT2D eigenvalue weighted by Crippen LogP contribution is -2.35. The van der Waals surface area contributed by atoms with E-state index in [0.29, 0.717) is 0 Å². The molecule has 1 aromatic heterocycles. The van der Waals surface area contributed by atoms with Crippen LogP contribution in [0.3, 0.4) is 0 Å². The first kappa shape index (κ1) is 11.2. The normalized spacial score (nSPS) is 29.4. The lowest BCUT2D eigenvalue weighted by atomic mass is 9.83. The summed E-state index contributed by atoms with van der Waals surface area (Å²) < 4.78 is 4.99. The number of hydrogen-bond donors (Lipinski definition) is 1. The average Bonchev–Trinajstić information content (AvgIpc) is 3.09. The van der Waals surface area contributed by atoms with Crippen molar-refractivity contribution >= 4 is 0 Å². The molecule has 3 rings (SSSR count). The molecular formula is C13H21N3O. The van der Waals surface area contributed by atoms with Gasteiger partial charge in [-0.1, -0.05) is 18.0 Å². The molecule has 0 saturated heterocycles. The molecule has 0 bridgehead atoms. The Morgan fingerprint density at radius 1 is 1.24 bits per heavy atom. The van der Waals surface area contributed by atoms with Crippen LogP contribution in [-0.4, -0.2) is 22.7 Å². The molecular weight excluding hydrogens is 214 g/mol. The Morgan fingerprint density at radius 2 is 2.18 bits per heavy atom. The minimum Gasteiger partial charge on any atom is -0.340 e. The zero-order valence-electron chi connectivity index (χ0n) is 10.3. The van der Waals surface area contributed by atoms with E-state index in [-0.39, 0.29) is 0 Å². The van der Waals surface area contributed by atoms with Crippen LogP contribution in [0.2, 0.25) is 0 Å². The highest BCUT2D eigenvalue weighted by atomic mass is 16.5. The molecule has 2 saturated carbocycles. The SMILES string of the molecule is c1noc(CCNC2CCCC(C3CC3)C2)n1. The smallest absolute Gasteiger partial charge is 0.227 e. The summed E-state index contributed by atoms with van der Waals surface area (Å²) >= 11 is 0. The number of rotatable bonds is 5. The van der Waals surface area contributed by atoms with Crippen LogP contribution in [0.15, 0.2) is 10.9 Å². The van der Waals surface area contributed by atoms with Crippen LogP contribution in [-0.2, 0) is 6.42 Å². The molecule has 0 spiro atoms. The average molecular weight is 235 g/mol. The summed E-state index contributed by atoms with van der Waals surface area (Å²) in [5.41, 5.74) is 0. The molecule has 2 atom stereocenters. The molecule has 1 heterocycles. The molecule has 0 aromatic carbocycles. The number of aromatic nitrogens is 2. The maximum absolute atomic E-state index is 4.99. The summed E-state index contributed by atoms with van der Waals surface area (Å²) in [6.07, 6.45) is 10.9. The first-order valence-corrected chi connectivity index (χ1v) is 6.91. The molecule has 2 fully saturated rings. The van der Waals surface area contributed by atoms with Gasteiger partial charge in [-0.15, -0.1) is 0 Å². The fourth-order valence-corrected chi connectivity index (χ4v) is 3.10. The zero-order valence-corrected chi connectivity index (χ0v) is 10.3. The zero-order chi connectivity index (χ0) is 11.5. The second-order valence-electron chi connectivity index (χ2n) is 5.50. The van der Waals surface area contributed by atoms with Gasteiger partial charge < -0.3 is 9.84 Å². The standard InChI is InChI=1S/C13H21N3O/c1-2-11(10-4-5-10)8-12(3-1)14-7-6-13-15-9-16-17-13/h9-12,14H,1-8H2. The number of hydrogen-bond acceptors (Lipinski definition) is 4. The number of nitrogens with one attached hydrogen (secondary N) is 1. The van der Waals surface area contributed by atoms with Crippen LogP contribution in [0.1, 0.15) is 44.4 Å². The predicted octanol–water partition coefficient (Wildman–Crippen LogP) is 2.17. The molecule has 2 aliphatic carbocycles. The lowest BCUT2D eigenvalue weighted by molar-refractivity contribution is 0.260. The van der Waals surface area contributed by atoms with Crippen LogP contribution < -0.4 is 5.32 Å². The predicted molar refractivity (Wildman–Crippen MR) is 64.5 cm³/mol. The minimum absolute atomic E-state index is 0.720. The maximum atomic E-state index is 4.99. The second-order valence-corrected chi connectivity index (χ2v) is 5.50. The van der Waals surface area contributed by atoms with E-state index in [1.165, 1.54) is 44.9 Å². The largest absolute Gasteiger partial charge is 0.340 e. The van der Waals surface area contributed by atoms with Gasteiger partial charge in [0.15, 0.2) is 6.33 Å². The van der Waals surface area contributed by atoms with Crippen molar-refractivity contribution in [1.82, 2.24) is 15.5 Å². The Kier molecular flexibility index (Phi) is 3.41. The minimum atomic E-state index is 0.720. The highest BCUT2D eigenvalue weighted by Crippen LogP contribution is 2.43. The number of nitrogens with zero attached hydrogens (tertiary/aromatic N) is 2. The van der Waals surface area contributed by atoms with Gasteiger partial charge in [0.25, 0.3) is 0 Å². The van der Waals surface area contributed by atoms with Crippen molar-refractivity contribution < 1.29 is 4.52 Å². The molecule has 4 heteroatoms. The van der Waals surface area contributed by atoms with Crippen molar-refractivity contribution in [1.29, 1.82) is 0 Å². The Morgan fingerprint density at radius 3 is 2.94 bits per heavy atom. The summed E-state index contributed by atoms with van der Waals surface area (Å²) in [7, 11) is 0. The quantitative estimate of drug-likeness (QED) is 0.849. The van der Waals surface area contributed by atoms with Gasteiger partial charge in [0.2, 0.25) is 5.89 Å². The summed E-state index contributed by atoms with van der Waals surface area (Å²) in [5.74, 6) is 2.81. The van der Waals surface area contributed by atoms with Gasteiger partial charge in [-0.3, -0.25) is 0 Å². The van der Waals surface area contributed by atoms with Gasteiger partial charge in [-0.05, 0) is 37.5 Å². The van der Waals surface area contributed by atoms with Crippen molar-refractivity contribution in [2.24, 2.45) is 11.8 Å². The van der Waals surface area contributed by atoms with Gasteiger partial charge in [0.05, 0.1) is 0 Å². The van der Waals surface area contributed by atoms with Gasteiger partial charge in [-0.2, -0.15) is 4.98 Å². The summed E-state index contributed by atoms with van der Waals surface area (Å²) in [6, 6.07) is 0.720. The van der Waals surface area contributed by atoms with Gasteiger partial charge in [0, 0.05) is 19.0 Å². The topological polar surface area (TPSA) is 51.0 Å². The van der Waals surface area contributed by atoms with Crippen LogP contribution in [0, 0.1) is 11.8 Å². The molecule has 94 valence electrons. The molecule has 0 amide bonds. The fraction of sp³-hybridized carbons (Fsp3) is 0.846. The molecule has 0 aliphatic heterocycles. The fourth-order valence-electron chi connectivity index (χ4n) is 3.10. The molecule has 0 radical (unpaired) electrons. The van der Waals surface area contributed by atoms with Crippen molar-refractivity contribution in [3.63, 3.8) is 0 Å². The Balaban J connectivity index is 1.39. The van der Waals surface area contributed by atoms with E-state index in [9.17, 15) is 0 Å². The Bertz CT molecular complexity index is 334. The first-order valence-electron chi connectivity index (χ1n) is 6.91. The van der Waals surface area contributed by atoms with Gasteiger partial charge in [-0.25, -0.2) is 0 Å². The highest BCUT2D eigenvalue weighted by Gasteiger charge is 2.34. The first-order chi connectivity index (χ1) is 8.42. The van der Waals surface area contributed by atoms with E-state index >= 15 is 0 Å². The molecule has 1 N–H and O–H groups in total. The van der Waals surface area contributed by atoms with E-state index in [2.05, 4.69) is 15.5 Å². The van der Waals surface area contributed by atoms with Crippen LogP contribution in [0.4, 0.5) is 0 Å². The molecule has 2 unspecified atom stereocenters. The third-order valence-corrected chi connectivity index (χ3v) is 4.18. The Labute approximate surface area is 102 Å². The Hall–Kier alpha value is -0.900. The van der Waals surface area contributed by atoms with Crippen molar-refractivity contribution in [3.8, 4) is 0 Å².